The van der Waals surface area contributed by atoms with E-state index >= 15 is 0 Å². The Kier molecular flexibility index (Phi) is 7.31. The van der Waals surface area contributed by atoms with E-state index in [9.17, 15) is 4.79 Å². The number of rotatable bonds is 7. The largest absolute Gasteiger partial charge is 0.357 e. The maximum atomic E-state index is 11.8. The molecule has 1 aliphatic rings. The lowest BCUT2D eigenvalue weighted by molar-refractivity contribution is -0.128. The molecule has 0 spiro atoms. The fraction of sp³-hybridized carbons (Fsp3) is 0.364. The highest BCUT2D eigenvalue weighted by molar-refractivity contribution is 6.30. The minimum absolute atomic E-state index is 0.262. The fourth-order valence-corrected chi connectivity index (χ4v) is 3.27. The van der Waals surface area contributed by atoms with E-state index in [1.54, 1.807) is 0 Å². The molecule has 0 atom stereocenters. The molecular weight excluding hydrogens is 372 g/mol. The zero-order valence-corrected chi connectivity index (χ0v) is 17.0. The number of hydrogen-bond donors (Lipinski definition) is 2. The summed E-state index contributed by atoms with van der Waals surface area (Å²) in [6.07, 6.45) is 1.66. The van der Waals surface area contributed by atoms with Gasteiger partial charge in [-0.1, -0.05) is 48.0 Å². The molecule has 1 aliphatic heterocycles. The van der Waals surface area contributed by atoms with Gasteiger partial charge in [-0.3, -0.25) is 4.79 Å². The third kappa shape index (κ3) is 5.99. The van der Waals surface area contributed by atoms with E-state index in [4.69, 9.17) is 11.6 Å². The molecule has 2 aromatic carbocycles. The molecule has 0 bridgehead atoms. The summed E-state index contributed by atoms with van der Waals surface area (Å²) in [5, 5.41) is 7.37. The van der Waals surface area contributed by atoms with Crippen LogP contribution in [0, 0.1) is 0 Å². The van der Waals surface area contributed by atoms with Gasteiger partial charge in [0.1, 0.15) is 0 Å². The van der Waals surface area contributed by atoms with Crippen LogP contribution in [0.4, 0.5) is 0 Å². The standard InChI is InChI=1S/C22H27ClN4O/c1-2-24-22(26-15-18-9-11-20(23)12-10-18)25-14-17-5-7-19(8-6-17)16-27-13-3-4-21(27)28/h5-12H,2-4,13-16H2,1H3,(H2,24,25,26). The van der Waals surface area contributed by atoms with Gasteiger partial charge in [0, 0.05) is 37.6 Å². The topological polar surface area (TPSA) is 56.7 Å². The molecule has 0 aromatic heterocycles. The molecule has 1 fully saturated rings. The third-order valence-electron chi connectivity index (χ3n) is 4.70. The van der Waals surface area contributed by atoms with Crippen molar-refractivity contribution in [3.05, 3.63) is 70.2 Å². The van der Waals surface area contributed by atoms with Crippen molar-refractivity contribution in [2.75, 3.05) is 13.1 Å². The average Bonchev–Trinajstić information content (AvgIpc) is 3.11. The first-order chi connectivity index (χ1) is 13.6. The Morgan fingerprint density at radius 3 is 2.36 bits per heavy atom. The van der Waals surface area contributed by atoms with Gasteiger partial charge in [-0.05, 0) is 42.2 Å². The van der Waals surface area contributed by atoms with Crippen LogP contribution in [0.1, 0.15) is 36.5 Å². The van der Waals surface area contributed by atoms with Crippen LogP contribution in [0.3, 0.4) is 0 Å². The van der Waals surface area contributed by atoms with Crippen LogP contribution in [0.2, 0.25) is 5.02 Å². The number of hydrogen-bond acceptors (Lipinski definition) is 2. The number of amides is 1. The molecule has 2 aromatic rings. The van der Waals surface area contributed by atoms with Crippen molar-refractivity contribution in [3.8, 4) is 0 Å². The normalized spacial score (nSPS) is 14.4. The van der Waals surface area contributed by atoms with Crippen molar-refractivity contribution in [3.63, 3.8) is 0 Å². The van der Waals surface area contributed by atoms with E-state index in [0.717, 1.165) is 36.1 Å². The Labute approximate surface area is 171 Å². The predicted octanol–water partition coefficient (Wildman–Crippen LogP) is 3.72. The number of halogens is 1. The van der Waals surface area contributed by atoms with Gasteiger partial charge in [-0.2, -0.15) is 0 Å². The van der Waals surface area contributed by atoms with Crippen LogP contribution in [0.5, 0.6) is 0 Å². The van der Waals surface area contributed by atoms with Crippen molar-refractivity contribution in [2.24, 2.45) is 4.99 Å². The fourth-order valence-electron chi connectivity index (χ4n) is 3.14. The molecule has 1 heterocycles. The van der Waals surface area contributed by atoms with Crippen molar-refractivity contribution >= 4 is 23.5 Å². The van der Waals surface area contributed by atoms with Gasteiger partial charge in [0.15, 0.2) is 5.96 Å². The highest BCUT2D eigenvalue weighted by Crippen LogP contribution is 2.15. The molecule has 0 radical (unpaired) electrons. The van der Waals surface area contributed by atoms with E-state index in [1.807, 2.05) is 36.1 Å². The molecule has 0 saturated carbocycles. The number of guanidine groups is 1. The quantitative estimate of drug-likeness (QED) is 0.552. The molecule has 1 saturated heterocycles. The maximum Gasteiger partial charge on any atom is 0.222 e. The molecular formula is C22H27ClN4O. The van der Waals surface area contributed by atoms with Gasteiger partial charge >= 0.3 is 0 Å². The second-order valence-corrected chi connectivity index (χ2v) is 7.35. The minimum atomic E-state index is 0.262. The highest BCUT2D eigenvalue weighted by Gasteiger charge is 2.19. The zero-order valence-electron chi connectivity index (χ0n) is 16.2. The number of nitrogens with one attached hydrogen (secondary N) is 2. The number of likely N-dealkylation sites (tertiary alicyclic amines) is 1. The first-order valence-electron chi connectivity index (χ1n) is 9.76. The molecule has 1 amide bonds. The summed E-state index contributed by atoms with van der Waals surface area (Å²) in [5.41, 5.74) is 3.46. The summed E-state index contributed by atoms with van der Waals surface area (Å²) < 4.78 is 0. The Bertz CT molecular complexity index is 802. The van der Waals surface area contributed by atoms with Crippen LogP contribution < -0.4 is 10.6 Å². The monoisotopic (exact) mass is 398 g/mol. The first kappa shape index (κ1) is 20.2. The molecule has 5 nitrogen and oxygen atoms in total. The van der Waals surface area contributed by atoms with Crippen molar-refractivity contribution in [1.29, 1.82) is 0 Å². The van der Waals surface area contributed by atoms with Crippen LogP contribution in [0.25, 0.3) is 0 Å². The van der Waals surface area contributed by atoms with Crippen molar-refractivity contribution in [2.45, 2.75) is 39.4 Å². The molecule has 3 rings (SSSR count). The average molecular weight is 399 g/mol. The Morgan fingerprint density at radius 1 is 1.04 bits per heavy atom. The Balaban J connectivity index is 1.53. The Morgan fingerprint density at radius 2 is 1.71 bits per heavy atom. The zero-order chi connectivity index (χ0) is 19.8. The summed E-state index contributed by atoms with van der Waals surface area (Å²) in [6.45, 7) is 5.71. The summed E-state index contributed by atoms with van der Waals surface area (Å²) in [6, 6.07) is 16.1. The second kappa shape index (κ2) is 10.1. The van der Waals surface area contributed by atoms with Crippen molar-refractivity contribution in [1.82, 2.24) is 15.5 Å². The number of carbonyl (C=O) groups is 1. The van der Waals surface area contributed by atoms with Crippen LogP contribution in [0.15, 0.2) is 53.5 Å². The van der Waals surface area contributed by atoms with Crippen LogP contribution in [-0.2, 0) is 24.4 Å². The van der Waals surface area contributed by atoms with Gasteiger partial charge in [0.25, 0.3) is 0 Å². The van der Waals surface area contributed by atoms with E-state index in [1.165, 1.54) is 11.1 Å². The van der Waals surface area contributed by atoms with E-state index < -0.39 is 0 Å². The molecule has 2 N–H and O–H groups in total. The summed E-state index contributed by atoms with van der Waals surface area (Å²) in [5.74, 6) is 1.04. The van der Waals surface area contributed by atoms with Gasteiger partial charge in [0.2, 0.25) is 5.91 Å². The van der Waals surface area contributed by atoms with Gasteiger partial charge in [-0.15, -0.1) is 0 Å². The van der Waals surface area contributed by atoms with Crippen molar-refractivity contribution < 1.29 is 4.79 Å². The first-order valence-corrected chi connectivity index (χ1v) is 10.1. The van der Waals surface area contributed by atoms with Gasteiger partial charge in [-0.25, -0.2) is 4.99 Å². The van der Waals surface area contributed by atoms with E-state index in [-0.39, 0.29) is 5.91 Å². The lowest BCUT2D eigenvalue weighted by Crippen LogP contribution is -2.36. The van der Waals surface area contributed by atoms with Gasteiger partial charge < -0.3 is 15.5 Å². The second-order valence-electron chi connectivity index (χ2n) is 6.91. The number of carbonyl (C=O) groups excluding carboxylic acids is 1. The molecule has 6 heteroatoms. The van der Waals surface area contributed by atoms with E-state index in [2.05, 4.69) is 39.9 Å². The van der Waals surface area contributed by atoms with Crippen LogP contribution in [-0.4, -0.2) is 29.9 Å². The van der Waals surface area contributed by atoms with E-state index in [0.29, 0.717) is 26.1 Å². The molecule has 148 valence electrons. The minimum Gasteiger partial charge on any atom is -0.357 e. The number of nitrogens with zero attached hydrogens (tertiary/aromatic N) is 2. The molecule has 0 aliphatic carbocycles. The molecule has 28 heavy (non-hydrogen) atoms. The highest BCUT2D eigenvalue weighted by atomic mass is 35.5. The number of aliphatic imine (C=N–C) groups is 1. The third-order valence-corrected chi connectivity index (χ3v) is 4.96. The lowest BCUT2D eigenvalue weighted by Gasteiger charge is -2.16. The molecule has 0 unspecified atom stereocenters. The van der Waals surface area contributed by atoms with Gasteiger partial charge in [0.05, 0.1) is 6.54 Å². The summed E-state index contributed by atoms with van der Waals surface area (Å²) in [7, 11) is 0. The number of benzene rings is 2. The SMILES string of the molecule is CCNC(=NCc1ccc(Cl)cc1)NCc1ccc(CN2CCCC2=O)cc1. The van der Waals surface area contributed by atoms with Crippen LogP contribution >= 0.6 is 11.6 Å². The lowest BCUT2D eigenvalue weighted by atomic mass is 10.1. The summed E-state index contributed by atoms with van der Waals surface area (Å²) in [4.78, 5) is 18.3. The smallest absolute Gasteiger partial charge is 0.222 e. The predicted molar refractivity (Wildman–Crippen MR) is 114 cm³/mol. The maximum absolute atomic E-state index is 11.8. The Hall–Kier alpha value is -2.53. The summed E-state index contributed by atoms with van der Waals surface area (Å²) >= 11 is 5.93.